The highest BCUT2D eigenvalue weighted by atomic mass is 35.5. The van der Waals surface area contributed by atoms with E-state index in [4.69, 9.17) is 16.3 Å². The maximum absolute atomic E-state index is 12.0. The first-order chi connectivity index (χ1) is 15.2. The molecule has 0 fully saturated rings. The monoisotopic (exact) mass is 484 g/mol. The lowest BCUT2D eigenvalue weighted by Gasteiger charge is -2.16. The molecule has 0 atom stereocenters. The molecule has 2 heterocycles. The van der Waals surface area contributed by atoms with Crippen LogP contribution >= 0.6 is 23.4 Å². The average molecular weight is 485 g/mol. The molecule has 0 unspecified atom stereocenters. The van der Waals surface area contributed by atoms with Crippen LogP contribution in [-0.4, -0.2) is 35.3 Å². The summed E-state index contributed by atoms with van der Waals surface area (Å²) in [6.45, 7) is 7.65. The normalized spacial score (nSPS) is 12.0. The van der Waals surface area contributed by atoms with E-state index in [1.54, 1.807) is 22.9 Å². The van der Waals surface area contributed by atoms with Crippen LogP contribution in [0.15, 0.2) is 64.5 Å². The van der Waals surface area contributed by atoms with E-state index in [1.165, 1.54) is 11.8 Å². The lowest BCUT2D eigenvalue weighted by Crippen LogP contribution is -2.22. The second kappa shape index (κ2) is 9.27. The Bertz CT molecular complexity index is 1290. The zero-order valence-corrected chi connectivity index (χ0v) is 20.8. The van der Waals surface area contributed by atoms with E-state index in [0.717, 1.165) is 37.6 Å². The lowest BCUT2D eigenvalue weighted by molar-refractivity contribution is 0.0630. The molecule has 0 spiro atoms. The lowest BCUT2D eigenvalue weighted by atomic mass is 10.2. The van der Waals surface area contributed by atoms with Gasteiger partial charge in [-0.25, -0.2) is 4.79 Å². The number of carboxylic acid groups (broad SMARTS) is 1. The summed E-state index contributed by atoms with van der Waals surface area (Å²) < 4.78 is 7.58. The van der Waals surface area contributed by atoms with Gasteiger partial charge in [-0.15, -0.1) is 0 Å². The smallest absolute Gasteiger partial charge is 0.352 e. The average Bonchev–Trinajstić information content (AvgIpc) is 3.09. The highest BCUT2D eigenvalue weighted by molar-refractivity contribution is 7.99. The fraction of sp³-hybridized carbons (Fsp3) is 0.250. The van der Waals surface area contributed by atoms with Crippen molar-refractivity contribution < 1.29 is 14.6 Å². The molecular formula is C24H25ClN2O3SSi. The van der Waals surface area contributed by atoms with E-state index in [2.05, 4.69) is 24.6 Å². The molecule has 8 heteroatoms. The Hall–Kier alpha value is -2.32. The molecule has 2 aromatic carbocycles. The Morgan fingerprint density at radius 3 is 2.69 bits per heavy atom. The number of hydrogen-bond donors (Lipinski definition) is 1. The van der Waals surface area contributed by atoms with Crippen LogP contribution in [0.4, 0.5) is 0 Å². The molecule has 32 heavy (non-hydrogen) atoms. The summed E-state index contributed by atoms with van der Waals surface area (Å²) in [5.74, 6) is -0.992. The van der Waals surface area contributed by atoms with Gasteiger partial charge in [0.1, 0.15) is 12.4 Å². The third kappa shape index (κ3) is 5.01. The van der Waals surface area contributed by atoms with Crippen molar-refractivity contribution >= 4 is 59.2 Å². The molecular weight excluding hydrogens is 460 g/mol. The van der Waals surface area contributed by atoms with Crippen LogP contribution in [0.5, 0.6) is 0 Å². The topological polar surface area (TPSA) is 64.3 Å². The molecule has 166 valence electrons. The minimum Gasteiger partial charge on any atom is -0.477 e. The number of carboxylic acids is 1. The second-order valence-electron chi connectivity index (χ2n) is 8.88. The number of carbonyl (C=O) groups is 1. The zero-order valence-electron chi connectivity index (χ0n) is 18.3. The first-order valence-corrected chi connectivity index (χ1v) is 15.3. The van der Waals surface area contributed by atoms with Gasteiger partial charge in [-0.3, -0.25) is 4.98 Å². The van der Waals surface area contributed by atoms with Crippen molar-refractivity contribution in [3.8, 4) is 0 Å². The Morgan fingerprint density at radius 2 is 1.94 bits per heavy atom. The van der Waals surface area contributed by atoms with Crippen molar-refractivity contribution in [3.05, 3.63) is 65.4 Å². The number of para-hydroxylation sites is 1. The molecule has 4 aromatic rings. The number of benzene rings is 2. The third-order valence-electron chi connectivity index (χ3n) is 5.20. The number of hydrogen-bond acceptors (Lipinski definition) is 4. The molecule has 0 aliphatic heterocycles. The largest absolute Gasteiger partial charge is 0.477 e. The zero-order chi connectivity index (χ0) is 22.9. The Kier molecular flexibility index (Phi) is 6.62. The number of aromatic carboxylic acids is 1. The maximum Gasteiger partial charge on any atom is 0.352 e. The van der Waals surface area contributed by atoms with E-state index in [-0.39, 0.29) is 12.4 Å². The Balaban J connectivity index is 1.73. The molecule has 0 bridgehead atoms. The van der Waals surface area contributed by atoms with Crippen molar-refractivity contribution in [2.24, 2.45) is 0 Å². The van der Waals surface area contributed by atoms with Crippen LogP contribution in [-0.2, 0) is 11.5 Å². The second-order valence-corrected chi connectivity index (χ2v) is 16.0. The van der Waals surface area contributed by atoms with Crippen LogP contribution in [0.25, 0.3) is 21.8 Å². The van der Waals surface area contributed by atoms with Gasteiger partial charge in [-0.05, 0) is 36.4 Å². The van der Waals surface area contributed by atoms with Gasteiger partial charge in [0.2, 0.25) is 0 Å². The molecule has 0 aliphatic rings. The number of nitrogens with zero attached hydrogens (tertiary/aromatic N) is 2. The fourth-order valence-corrected chi connectivity index (χ4v) is 5.65. The van der Waals surface area contributed by atoms with E-state index < -0.39 is 14.0 Å². The van der Waals surface area contributed by atoms with Crippen molar-refractivity contribution in [2.75, 3.05) is 6.61 Å². The minimum absolute atomic E-state index is 0.176. The molecule has 5 nitrogen and oxygen atoms in total. The summed E-state index contributed by atoms with van der Waals surface area (Å²) in [5, 5.41) is 12.3. The van der Waals surface area contributed by atoms with Crippen LogP contribution in [0, 0.1) is 0 Å². The van der Waals surface area contributed by atoms with Crippen LogP contribution in [0.1, 0.15) is 10.5 Å². The molecule has 0 saturated heterocycles. The summed E-state index contributed by atoms with van der Waals surface area (Å²) in [6.07, 6.45) is 1.77. The minimum atomic E-state index is -1.23. The van der Waals surface area contributed by atoms with Gasteiger partial charge in [0.05, 0.1) is 11.0 Å². The first-order valence-electron chi connectivity index (χ1n) is 10.4. The summed E-state index contributed by atoms with van der Waals surface area (Å²) in [6, 6.07) is 16.4. The van der Waals surface area contributed by atoms with Crippen LogP contribution in [0.3, 0.4) is 0 Å². The van der Waals surface area contributed by atoms with E-state index in [9.17, 15) is 9.90 Å². The van der Waals surface area contributed by atoms with Crippen molar-refractivity contribution in [3.63, 3.8) is 0 Å². The molecule has 1 N–H and O–H groups in total. The van der Waals surface area contributed by atoms with E-state index in [1.807, 2.05) is 36.4 Å². The summed E-state index contributed by atoms with van der Waals surface area (Å²) in [5.41, 5.74) is 1.84. The first kappa shape index (κ1) is 22.9. The number of rotatable bonds is 8. The SMILES string of the molecule is C[Si](C)(C)CCOCn1c(C(=O)O)cc2c(Sc3cccc4cccnc34)cc(Cl)cc21. The molecule has 0 saturated carbocycles. The standard InChI is InChI=1S/C24H25ClN2O3SSi/c1-32(2,3)11-10-30-15-27-19-12-17(25)13-22(18(19)14-20(27)24(28)29)31-21-8-4-6-16-7-5-9-26-23(16)21/h4-9,12-14H,10-11,15H2,1-3H3,(H,28,29). The predicted molar refractivity (Wildman–Crippen MR) is 134 cm³/mol. The molecule has 2 aromatic heterocycles. The summed E-state index contributed by atoms with van der Waals surface area (Å²) in [4.78, 5) is 18.4. The summed E-state index contributed by atoms with van der Waals surface area (Å²) in [7, 11) is -1.23. The predicted octanol–water partition coefficient (Wildman–Crippen LogP) is 7.00. The highest BCUT2D eigenvalue weighted by Crippen LogP contribution is 2.39. The van der Waals surface area contributed by atoms with Crippen LogP contribution in [0.2, 0.25) is 30.7 Å². The number of halogens is 1. The maximum atomic E-state index is 12.0. The summed E-state index contributed by atoms with van der Waals surface area (Å²) >= 11 is 8.00. The molecule has 0 radical (unpaired) electrons. The van der Waals surface area contributed by atoms with Crippen molar-refractivity contribution in [1.29, 1.82) is 0 Å². The van der Waals surface area contributed by atoms with Gasteiger partial charge in [0.25, 0.3) is 0 Å². The van der Waals surface area contributed by atoms with Crippen LogP contribution < -0.4 is 0 Å². The fourth-order valence-electron chi connectivity index (χ4n) is 3.50. The quantitative estimate of drug-likeness (QED) is 0.215. The Labute approximate surface area is 197 Å². The van der Waals surface area contributed by atoms with E-state index in [0.29, 0.717) is 11.6 Å². The molecule has 0 aliphatic carbocycles. The van der Waals surface area contributed by atoms with Gasteiger partial charge in [0.15, 0.2) is 0 Å². The highest BCUT2D eigenvalue weighted by Gasteiger charge is 2.19. The van der Waals surface area contributed by atoms with Gasteiger partial charge in [-0.2, -0.15) is 0 Å². The third-order valence-corrected chi connectivity index (χ3v) is 8.23. The number of ether oxygens (including phenoxy) is 1. The number of aromatic nitrogens is 2. The van der Waals surface area contributed by atoms with Crippen molar-refractivity contribution in [1.82, 2.24) is 9.55 Å². The van der Waals surface area contributed by atoms with E-state index >= 15 is 0 Å². The van der Waals surface area contributed by atoms with Gasteiger partial charge in [-0.1, -0.05) is 61.2 Å². The Morgan fingerprint density at radius 1 is 1.16 bits per heavy atom. The van der Waals surface area contributed by atoms with Gasteiger partial charge < -0.3 is 14.4 Å². The van der Waals surface area contributed by atoms with Crippen molar-refractivity contribution in [2.45, 2.75) is 42.2 Å². The number of pyridine rings is 1. The molecule has 0 amide bonds. The molecule has 4 rings (SSSR count). The van der Waals surface area contributed by atoms with Gasteiger partial charge >= 0.3 is 5.97 Å². The van der Waals surface area contributed by atoms with Gasteiger partial charge in [0, 0.05) is 46.5 Å². The number of fused-ring (bicyclic) bond motifs is 2.